The minimum Gasteiger partial charge on any atom is -0.383 e. The van der Waals surface area contributed by atoms with Crippen molar-refractivity contribution in [2.24, 2.45) is 15.7 Å². The van der Waals surface area contributed by atoms with Crippen LogP contribution in [-0.2, 0) is 0 Å². The van der Waals surface area contributed by atoms with Crippen molar-refractivity contribution in [1.29, 1.82) is 0 Å². The lowest BCUT2D eigenvalue weighted by Crippen LogP contribution is -2.18. The summed E-state index contributed by atoms with van der Waals surface area (Å²) in [6.07, 6.45) is 8.77. The molecule has 0 bridgehead atoms. The molecule has 1 atom stereocenters. The van der Waals surface area contributed by atoms with Crippen LogP contribution in [0.1, 0.15) is 30.9 Å². The number of hydrogen-bond acceptors (Lipinski definition) is 1. The smallest absolute Gasteiger partial charge is 0.157 e. The van der Waals surface area contributed by atoms with Crippen LogP contribution >= 0.6 is 0 Å². The first-order valence-electron chi connectivity index (χ1n) is 17.6. The molecular formula is C46H37N5. The number of aromatic nitrogens is 2. The summed E-state index contributed by atoms with van der Waals surface area (Å²) in [5, 5.41) is 4.82. The second-order valence-corrected chi connectivity index (χ2v) is 13.2. The third kappa shape index (κ3) is 5.44. The number of benzene rings is 6. The van der Waals surface area contributed by atoms with Gasteiger partial charge in [0.05, 0.1) is 28.1 Å². The summed E-state index contributed by atoms with van der Waals surface area (Å²) < 4.78 is 4.68. The summed E-state index contributed by atoms with van der Waals surface area (Å²) in [5.74, 6) is 1.02. The summed E-state index contributed by atoms with van der Waals surface area (Å²) >= 11 is 0. The summed E-state index contributed by atoms with van der Waals surface area (Å²) in [4.78, 5) is 10.3. The Morgan fingerprint density at radius 3 is 1.51 bits per heavy atom. The van der Waals surface area contributed by atoms with Crippen LogP contribution in [0.25, 0.3) is 55.0 Å². The fraction of sp³-hybridized carbons (Fsp3) is 0.0870. The van der Waals surface area contributed by atoms with Gasteiger partial charge in [0.15, 0.2) is 5.84 Å². The summed E-state index contributed by atoms with van der Waals surface area (Å²) in [6, 6.07) is 51.0. The van der Waals surface area contributed by atoms with E-state index in [1.807, 2.05) is 30.3 Å². The van der Waals surface area contributed by atoms with Crippen LogP contribution in [0, 0.1) is 0 Å². The quantitative estimate of drug-likeness (QED) is 0.140. The molecule has 1 unspecified atom stereocenters. The first kappa shape index (κ1) is 30.6. The number of nitrogens with two attached hydrogens (primary N) is 1. The Morgan fingerprint density at radius 1 is 0.569 bits per heavy atom. The molecule has 6 aromatic carbocycles. The van der Waals surface area contributed by atoms with E-state index in [9.17, 15) is 0 Å². The van der Waals surface area contributed by atoms with Crippen molar-refractivity contribution in [3.8, 4) is 11.4 Å². The van der Waals surface area contributed by atoms with Crippen molar-refractivity contribution in [3.05, 3.63) is 181 Å². The SMILES string of the molecule is CC(N=C(N=C(N)c1cc(-n2c3ccccc3c3ccccc32)cc(-n2c3ccccc3c3ccccc32)c1)c1ccccc1)C1=CCCC=C1. The zero-order valence-corrected chi connectivity index (χ0v) is 28.4. The minimum absolute atomic E-state index is 0.0644. The number of hydrogen-bond donors (Lipinski definition) is 1. The predicted molar refractivity (Wildman–Crippen MR) is 215 cm³/mol. The van der Waals surface area contributed by atoms with Crippen LogP contribution in [0.5, 0.6) is 0 Å². The van der Waals surface area contributed by atoms with Crippen LogP contribution in [0.15, 0.2) is 179 Å². The lowest BCUT2D eigenvalue weighted by atomic mass is 10.0. The molecule has 5 nitrogen and oxygen atoms in total. The Morgan fingerprint density at radius 2 is 1.04 bits per heavy atom. The highest BCUT2D eigenvalue weighted by Crippen LogP contribution is 2.36. The molecule has 9 rings (SSSR count). The lowest BCUT2D eigenvalue weighted by Gasteiger charge is -2.16. The number of rotatable bonds is 6. The Labute approximate surface area is 297 Å². The molecule has 2 aromatic heterocycles. The van der Waals surface area contributed by atoms with Crippen molar-refractivity contribution in [2.45, 2.75) is 25.8 Å². The maximum absolute atomic E-state index is 7.10. The van der Waals surface area contributed by atoms with Crippen molar-refractivity contribution in [1.82, 2.24) is 9.13 Å². The highest BCUT2D eigenvalue weighted by molar-refractivity contribution is 6.13. The Bertz CT molecular complexity index is 2480. The number of amidine groups is 2. The second kappa shape index (κ2) is 12.8. The van der Waals surface area contributed by atoms with Crippen LogP contribution in [0.2, 0.25) is 0 Å². The molecular weight excluding hydrogens is 623 g/mol. The number of aliphatic imine (C=N–C) groups is 2. The summed E-state index contributed by atoms with van der Waals surface area (Å²) in [5.41, 5.74) is 16.6. The van der Waals surface area contributed by atoms with E-state index in [0.717, 1.165) is 57.4 Å². The van der Waals surface area contributed by atoms with Crippen molar-refractivity contribution in [2.75, 3.05) is 0 Å². The molecule has 2 N–H and O–H groups in total. The van der Waals surface area contributed by atoms with Gasteiger partial charge in [-0.25, -0.2) is 4.99 Å². The number of para-hydroxylation sites is 4. The largest absolute Gasteiger partial charge is 0.383 e. The molecule has 1 aliphatic carbocycles. The predicted octanol–water partition coefficient (Wildman–Crippen LogP) is 10.7. The van der Waals surface area contributed by atoms with Gasteiger partial charge in [0, 0.05) is 44.0 Å². The molecule has 0 saturated heterocycles. The third-order valence-corrected chi connectivity index (χ3v) is 9.96. The molecule has 8 aromatic rings. The number of nitrogens with zero attached hydrogens (tertiary/aromatic N) is 4. The normalized spacial score (nSPS) is 14.5. The minimum atomic E-state index is -0.0644. The Hall–Kier alpha value is -6.46. The van der Waals surface area contributed by atoms with Crippen LogP contribution in [0.3, 0.4) is 0 Å². The monoisotopic (exact) mass is 659 g/mol. The Kier molecular flexibility index (Phi) is 7.66. The van der Waals surface area contributed by atoms with Gasteiger partial charge in [-0.1, -0.05) is 121 Å². The van der Waals surface area contributed by atoms with Crippen LogP contribution in [-0.4, -0.2) is 26.8 Å². The fourth-order valence-corrected chi connectivity index (χ4v) is 7.54. The van der Waals surface area contributed by atoms with Crippen molar-refractivity contribution in [3.63, 3.8) is 0 Å². The topological polar surface area (TPSA) is 60.6 Å². The van der Waals surface area contributed by atoms with Crippen molar-refractivity contribution < 1.29 is 0 Å². The fourth-order valence-electron chi connectivity index (χ4n) is 7.54. The molecule has 0 amide bonds. The van der Waals surface area contributed by atoms with Gasteiger partial charge < -0.3 is 14.9 Å². The summed E-state index contributed by atoms with van der Waals surface area (Å²) in [6.45, 7) is 2.12. The van der Waals surface area contributed by atoms with E-state index >= 15 is 0 Å². The van der Waals surface area contributed by atoms with Crippen molar-refractivity contribution >= 4 is 55.3 Å². The zero-order valence-electron chi connectivity index (χ0n) is 28.4. The number of fused-ring (bicyclic) bond motifs is 6. The molecule has 1 aliphatic rings. The maximum atomic E-state index is 7.10. The molecule has 246 valence electrons. The summed E-state index contributed by atoms with van der Waals surface area (Å²) in [7, 11) is 0. The molecule has 51 heavy (non-hydrogen) atoms. The first-order valence-corrected chi connectivity index (χ1v) is 17.6. The van der Waals surface area contributed by atoms with E-state index in [4.69, 9.17) is 15.7 Å². The van der Waals surface area contributed by atoms with Gasteiger partial charge in [-0.05, 0) is 67.8 Å². The average molecular weight is 660 g/mol. The Balaban J connectivity index is 1.30. The standard InChI is InChI=1S/C46H37N5/c1-31(32-16-4-2-5-17-32)48-46(33-18-6-3-7-19-33)49-45(47)34-28-35(50-41-24-12-8-20-37(41)38-21-9-13-25-42(38)50)30-36(29-34)51-43-26-14-10-22-39(43)40-23-11-15-27-44(40)51/h3-4,6-31H,2,5H2,1H3,(H2,47,48,49). The second-order valence-electron chi connectivity index (χ2n) is 13.2. The lowest BCUT2D eigenvalue weighted by molar-refractivity contribution is 0.855. The molecule has 5 heteroatoms. The third-order valence-electron chi connectivity index (χ3n) is 9.96. The van der Waals surface area contributed by atoms with E-state index in [1.54, 1.807) is 0 Å². The van der Waals surface area contributed by atoms with Gasteiger partial charge in [-0.3, -0.25) is 4.99 Å². The van der Waals surface area contributed by atoms with E-state index in [1.165, 1.54) is 27.1 Å². The molecule has 2 heterocycles. The van der Waals surface area contributed by atoms with Crippen LogP contribution in [0.4, 0.5) is 0 Å². The highest BCUT2D eigenvalue weighted by atomic mass is 15.0. The van der Waals surface area contributed by atoms with Gasteiger partial charge in [-0.15, -0.1) is 0 Å². The van der Waals surface area contributed by atoms with E-state index in [2.05, 4.69) is 150 Å². The van der Waals surface area contributed by atoms with Gasteiger partial charge in [0.25, 0.3) is 0 Å². The van der Waals surface area contributed by atoms with E-state index in [0.29, 0.717) is 11.7 Å². The molecule has 0 radical (unpaired) electrons. The van der Waals surface area contributed by atoms with Crippen LogP contribution < -0.4 is 5.73 Å². The molecule has 0 saturated carbocycles. The van der Waals surface area contributed by atoms with Gasteiger partial charge in [-0.2, -0.15) is 0 Å². The average Bonchev–Trinajstić information content (AvgIpc) is 3.71. The van der Waals surface area contributed by atoms with Gasteiger partial charge in [0.2, 0.25) is 0 Å². The molecule has 0 fully saturated rings. The number of allylic oxidation sites excluding steroid dienone is 2. The van der Waals surface area contributed by atoms with Gasteiger partial charge >= 0.3 is 0 Å². The van der Waals surface area contributed by atoms with Gasteiger partial charge in [0.1, 0.15) is 5.84 Å². The van der Waals surface area contributed by atoms with E-state index in [-0.39, 0.29) is 6.04 Å². The maximum Gasteiger partial charge on any atom is 0.157 e. The highest BCUT2D eigenvalue weighted by Gasteiger charge is 2.18. The zero-order chi connectivity index (χ0) is 34.3. The molecule has 0 spiro atoms. The van der Waals surface area contributed by atoms with E-state index < -0.39 is 0 Å². The first-order chi connectivity index (χ1) is 25.1. The molecule has 0 aliphatic heterocycles.